The van der Waals surface area contributed by atoms with Crippen LogP contribution in [0.4, 0.5) is 13.2 Å². The van der Waals surface area contributed by atoms with Gasteiger partial charge >= 0.3 is 6.18 Å². The molecule has 0 saturated heterocycles. The molecule has 120 valence electrons. The molecule has 0 radical (unpaired) electrons. The Morgan fingerprint density at radius 1 is 1.52 bits per heavy atom. The second-order valence-electron chi connectivity index (χ2n) is 5.87. The number of aromatic nitrogens is 2. The minimum atomic E-state index is -4.21. The largest absolute Gasteiger partial charge is 0.391 e. The van der Waals surface area contributed by atoms with Gasteiger partial charge in [-0.05, 0) is 32.6 Å². The molecule has 0 spiro atoms. The van der Waals surface area contributed by atoms with Crippen LogP contribution in [0.25, 0.3) is 0 Å². The average Bonchev–Trinajstić information content (AvgIpc) is 2.85. The molecule has 1 aromatic rings. The molecule has 21 heavy (non-hydrogen) atoms. The zero-order chi connectivity index (χ0) is 15.5. The van der Waals surface area contributed by atoms with Gasteiger partial charge in [0.2, 0.25) is 0 Å². The van der Waals surface area contributed by atoms with Gasteiger partial charge in [0.1, 0.15) is 0 Å². The lowest BCUT2D eigenvalue weighted by Gasteiger charge is -2.37. The van der Waals surface area contributed by atoms with E-state index in [1.54, 1.807) is 10.9 Å². The van der Waals surface area contributed by atoms with Gasteiger partial charge in [-0.25, -0.2) is 0 Å². The van der Waals surface area contributed by atoms with Crippen LogP contribution in [0.15, 0.2) is 12.4 Å². The van der Waals surface area contributed by atoms with Gasteiger partial charge in [-0.15, -0.1) is 0 Å². The highest BCUT2D eigenvalue weighted by Gasteiger charge is 2.46. The van der Waals surface area contributed by atoms with Gasteiger partial charge < -0.3 is 10.4 Å². The maximum absolute atomic E-state index is 12.8. The van der Waals surface area contributed by atoms with E-state index < -0.39 is 17.7 Å². The predicted octanol–water partition coefficient (Wildman–Crippen LogP) is 2.48. The van der Waals surface area contributed by atoms with Crippen molar-refractivity contribution < 1.29 is 18.3 Å². The van der Waals surface area contributed by atoms with Crippen LogP contribution in [-0.4, -0.2) is 33.2 Å². The van der Waals surface area contributed by atoms with E-state index >= 15 is 0 Å². The molecule has 0 amide bonds. The van der Waals surface area contributed by atoms with Crippen molar-refractivity contribution in [2.24, 2.45) is 5.92 Å². The molecule has 0 bridgehead atoms. The summed E-state index contributed by atoms with van der Waals surface area (Å²) >= 11 is 0. The first-order valence-electron chi connectivity index (χ1n) is 7.33. The standard InChI is InChI=1S/C14H22F3N3O/c1-2-20-9-11(8-19-20)7-18-10-13(21)5-3-4-12(6-13)14(15,16)17/h8-9,12,18,21H,2-7,10H2,1H3/t12-,13+/m0/s1. The number of nitrogens with one attached hydrogen (secondary N) is 1. The van der Waals surface area contributed by atoms with Crippen molar-refractivity contribution in [1.82, 2.24) is 15.1 Å². The fourth-order valence-electron chi connectivity index (χ4n) is 2.89. The van der Waals surface area contributed by atoms with Crippen LogP contribution in [0, 0.1) is 5.92 Å². The maximum Gasteiger partial charge on any atom is 0.391 e. The zero-order valence-electron chi connectivity index (χ0n) is 12.2. The van der Waals surface area contributed by atoms with Crippen molar-refractivity contribution in [2.45, 2.75) is 57.5 Å². The lowest BCUT2D eigenvalue weighted by Crippen LogP contribution is -2.46. The van der Waals surface area contributed by atoms with Crippen molar-refractivity contribution in [3.05, 3.63) is 18.0 Å². The number of aryl methyl sites for hydroxylation is 1. The monoisotopic (exact) mass is 305 g/mol. The van der Waals surface area contributed by atoms with E-state index in [4.69, 9.17) is 0 Å². The van der Waals surface area contributed by atoms with Gasteiger partial charge in [-0.3, -0.25) is 4.68 Å². The number of halogens is 3. The number of aliphatic hydroxyl groups is 1. The van der Waals surface area contributed by atoms with E-state index in [0.717, 1.165) is 12.1 Å². The Morgan fingerprint density at radius 3 is 2.90 bits per heavy atom. The van der Waals surface area contributed by atoms with Crippen LogP contribution in [-0.2, 0) is 13.1 Å². The first-order valence-corrected chi connectivity index (χ1v) is 7.33. The molecule has 4 nitrogen and oxygen atoms in total. The third kappa shape index (κ3) is 4.44. The topological polar surface area (TPSA) is 50.1 Å². The summed E-state index contributed by atoms with van der Waals surface area (Å²) in [6, 6.07) is 0. The number of hydrogen-bond acceptors (Lipinski definition) is 3. The lowest BCUT2D eigenvalue weighted by atomic mass is 9.77. The summed E-state index contributed by atoms with van der Waals surface area (Å²) in [5.74, 6) is -1.39. The summed E-state index contributed by atoms with van der Waals surface area (Å²) in [6.07, 6.45) is 0.136. The molecule has 1 saturated carbocycles. The van der Waals surface area contributed by atoms with E-state index in [1.807, 2.05) is 13.1 Å². The average molecular weight is 305 g/mol. The minimum Gasteiger partial charge on any atom is -0.389 e. The molecule has 1 aliphatic rings. The lowest BCUT2D eigenvalue weighted by molar-refractivity contribution is -0.200. The molecule has 2 atom stereocenters. The molecule has 1 aromatic heterocycles. The van der Waals surface area contributed by atoms with Gasteiger partial charge in [0, 0.05) is 31.4 Å². The Kier molecular flexibility index (Phi) is 4.93. The molecule has 2 rings (SSSR count). The van der Waals surface area contributed by atoms with E-state index in [0.29, 0.717) is 19.4 Å². The molecule has 1 aliphatic carbocycles. The number of rotatable bonds is 5. The first-order chi connectivity index (χ1) is 9.82. The normalized spacial score (nSPS) is 27.0. The van der Waals surface area contributed by atoms with Crippen LogP contribution < -0.4 is 5.32 Å². The fraction of sp³-hybridized carbons (Fsp3) is 0.786. The maximum atomic E-state index is 12.8. The van der Waals surface area contributed by atoms with Crippen LogP contribution in [0.1, 0.15) is 38.2 Å². The summed E-state index contributed by atoms with van der Waals surface area (Å²) in [7, 11) is 0. The zero-order valence-corrected chi connectivity index (χ0v) is 12.2. The van der Waals surface area contributed by atoms with E-state index in [2.05, 4.69) is 10.4 Å². The van der Waals surface area contributed by atoms with Crippen LogP contribution in [0.5, 0.6) is 0 Å². The van der Waals surface area contributed by atoms with Crippen molar-refractivity contribution in [3.63, 3.8) is 0 Å². The molecule has 0 aliphatic heterocycles. The fourth-order valence-corrected chi connectivity index (χ4v) is 2.89. The van der Waals surface area contributed by atoms with Crippen LogP contribution in [0.2, 0.25) is 0 Å². The smallest absolute Gasteiger partial charge is 0.389 e. The van der Waals surface area contributed by atoms with Crippen molar-refractivity contribution in [1.29, 1.82) is 0 Å². The summed E-state index contributed by atoms with van der Waals surface area (Å²) in [4.78, 5) is 0. The number of nitrogens with zero attached hydrogens (tertiary/aromatic N) is 2. The van der Waals surface area contributed by atoms with E-state index in [1.165, 1.54) is 0 Å². The molecule has 0 unspecified atom stereocenters. The van der Waals surface area contributed by atoms with Crippen LogP contribution in [0.3, 0.4) is 0 Å². The quantitative estimate of drug-likeness (QED) is 0.878. The Morgan fingerprint density at radius 2 is 2.29 bits per heavy atom. The van der Waals surface area contributed by atoms with Crippen LogP contribution >= 0.6 is 0 Å². The third-order valence-corrected chi connectivity index (χ3v) is 4.08. The number of hydrogen-bond donors (Lipinski definition) is 2. The second kappa shape index (κ2) is 6.36. The SMILES string of the molecule is CCn1cc(CNC[C@@]2(O)CCC[C@H](C(F)(F)F)C2)cn1. The molecule has 0 aromatic carbocycles. The Bertz CT molecular complexity index is 461. The van der Waals surface area contributed by atoms with E-state index in [9.17, 15) is 18.3 Å². The molecule has 1 heterocycles. The highest BCUT2D eigenvalue weighted by molar-refractivity contribution is 5.03. The van der Waals surface area contributed by atoms with Crippen molar-refractivity contribution in [2.75, 3.05) is 6.54 Å². The van der Waals surface area contributed by atoms with Gasteiger partial charge in [0.15, 0.2) is 0 Å². The third-order valence-electron chi connectivity index (χ3n) is 4.08. The van der Waals surface area contributed by atoms with Gasteiger partial charge in [0.25, 0.3) is 0 Å². The Balaban J connectivity index is 1.83. The summed E-state index contributed by atoms with van der Waals surface area (Å²) in [5, 5.41) is 17.5. The summed E-state index contributed by atoms with van der Waals surface area (Å²) in [5.41, 5.74) is -0.303. The summed E-state index contributed by atoms with van der Waals surface area (Å²) in [6.45, 7) is 3.43. The Hall–Kier alpha value is -1.08. The highest BCUT2D eigenvalue weighted by Crippen LogP contribution is 2.41. The van der Waals surface area contributed by atoms with E-state index in [-0.39, 0.29) is 19.4 Å². The van der Waals surface area contributed by atoms with Crippen molar-refractivity contribution in [3.8, 4) is 0 Å². The number of alkyl halides is 3. The first kappa shape index (κ1) is 16.3. The predicted molar refractivity (Wildman–Crippen MR) is 72.6 cm³/mol. The summed E-state index contributed by atoms with van der Waals surface area (Å²) < 4.78 is 40.1. The van der Waals surface area contributed by atoms with Gasteiger partial charge in [-0.1, -0.05) is 0 Å². The molecule has 1 fully saturated rings. The minimum absolute atomic E-state index is 0.120. The molecular formula is C14H22F3N3O. The molecule has 2 N–H and O–H groups in total. The van der Waals surface area contributed by atoms with Gasteiger partial charge in [0.05, 0.1) is 17.7 Å². The van der Waals surface area contributed by atoms with Gasteiger partial charge in [-0.2, -0.15) is 18.3 Å². The molecular weight excluding hydrogens is 283 g/mol. The highest BCUT2D eigenvalue weighted by atomic mass is 19.4. The second-order valence-corrected chi connectivity index (χ2v) is 5.87. The Labute approximate surface area is 122 Å². The van der Waals surface area contributed by atoms with Crippen molar-refractivity contribution >= 4 is 0 Å². The molecule has 7 heteroatoms.